The second-order valence-corrected chi connectivity index (χ2v) is 3.16. The molecule has 0 saturated carbocycles. The molecule has 4 heteroatoms. The van der Waals surface area contributed by atoms with Crippen molar-refractivity contribution >= 4 is 5.69 Å². The maximum atomic E-state index is 5.80. The zero-order valence-corrected chi connectivity index (χ0v) is 8.08. The summed E-state index contributed by atoms with van der Waals surface area (Å²) in [7, 11) is 1.68. The minimum Gasteiger partial charge on any atom is -0.453 e. The van der Waals surface area contributed by atoms with Crippen LogP contribution in [0.4, 0.5) is 5.69 Å². The molecule has 1 heterocycles. The second kappa shape index (κ2) is 3.75. The van der Waals surface area contributed by atoms with Crippen molar-refractivity contribution in [2.45, 2.75) is 6.42 Å². The van der Waals surface area contributed by atoms with Gasteiger partial charge in [-0.25, -0.2) is 0 Å². The summed E-state index contributed by atoms with van der Waals surface area (Å²) in [6, 6.07) is 3.84. The van der Waals surface area contributed by atoms with Gasteiger partial charge in [-0.15, -0.1) is 0 Å². The fourth-order valence-electron chi connectivity index (χ4n) is 1.46. The number of rotatable bonds is 3. The first-order valence-corrected chi connectivity index (χ1v) is 4.48. The van der Waals surface area contributed by atoms with Crippen molar-refractivity contribution in [3.05, 3.63) is 17.7 Å². The summed E-state index contributed by atoms with van der Waals surface area (Å²) in [5.41, 5.74) is 7.53. The number of nitrogens with two attached hydrogens (primary N) is 1. The van der Waals surface area contributed by atoms with Gasteiger partial charge in [0.25, 0.3) is 0 Å². The second-order valence-electron chi connectivity index (χ2n) is 3.16. The summed E-state index contributed by atoms with van der Waals surface area (Å²) in [5, 5.41) is 0. The molecule has 76 valence electrons. The van der Waals surface area contributed by atoms with Crippen LogP contribution in [-0.2, 0) is 11.2 Å². The Morgan fingerprint density at radius 3 is 3.07 bits per heavy atom. The van der Waals surface area contributed by atoms with Gasteiger partial charge < -0.3 is 19.9 Å². The Kier molecular flexibility index (Phi) is 2.45. The number of benzene rings is 1. The first-order valence-electron chi connectivity index (χ1n) is 4.48. The molecule has 0 fully saturated rings. The molecule has 0 aliphatic carbocycles. The Morgan fingerprint density at radius 1 is 1.43 bits per heavy atom. The molecule has 1 aromatic carbocycles. The van der Waals surface area contributed by atoms with Crippen molar-refractivity contribution in [1.29, 1.82) is 0 Å². The summed E-state index contributed by atoms with van der Waals surface area (Å²) < 4.78 is 15.5. The lowest BCUT2D eigenvalue weighted by Gasteiger charge is -2.05. The van der Waals surface area contributed by atoms with Crippen molar-refractivity contribution in [2.24, 2.45) is 0 Å². The van der Waals surface area contributed by atoms with Crippen LogP contribution in [0.1, 0.15) is 5.56 Å². The summed E-state index contributed by atoms with van der Waals surface area (Å²) in [5.74, 6) is 1.39. The van der Waals surface area contributed by atoms with Crippen LogP contribution in [0.15, 0.2) is 12.1 Å². The van der Waals surface area contributed by atoms with Crippen LogP contribution in [0.3, 0.4) is 0 Å². The lowest BCUT2D eigenvalue weighted by Crippen LogP contribution is -1.96. The van der Waals surface area contributed by atoms with E-state index in [0.29, 0.717) is 18.0 Å². The van der Waals surface area contributed by atoms with E-state index in [0.717, 1.165) is 17.7 Å². The topological polar surface area (TPSA) is 53.7 Å². The molecule has 1 aliphatic rings. The number of fused-ring (bicyclic) bond motifs is 1. The molecule has 0 saturated heterocycles. The van der Waals surface area contributed by atoms with Gasteiger partial charge in [-0.2, -0.15) is 0 Å². The monoisotopic (exact) mass is 195 g/mol. The zero-order valence-electron chi connectivity index (χ0n) is 8.08. The number of nitrogen functional groups attached to an aromatic ring is 1. The normalized spacial score (nSPS) is 13.2. The van der Waals surface area contributed by atoms with E-state index < -0.39 is 0 Å². The summed E-state index contributed by atoms with van der Waals surface area (Å²) in [6.07, 6.45) is 0.831. The smallest absolute Gasteiger partial charge is 0.231 e. The molecule has 2 N–H and O–H groups in total. The lowest BCUT2D eigenvalue weighted by atomic mass is 10.1. The Labute approximate surface area is 82.6 Å². The van der Waals surface area contributed by atoms with Gasteiger partial charge in [0.1, 0.15) is 0 Å². The van der Waals surface area contributed by atoms with E-state index in [1.807, 2.05) is 12.1 Å². The van der Waals surface area contributed by atoms with Crippen LogP contribution in [0, 0.1) is 0 Å². The molecule has 2 rings (SSSR count). The number of anilines is 1. The molecular weight excluding hydrogens is 182 g/mol. The number of hydrogen-bond acceptors (Lipinski definition) is 4. The summed E-state index contributed by atoms with van der Waals surface area (Å²) >= 11 is 0. The number of ether oxygens (including phenoxy) is 3. The van der Waals surface area contributed by atoms with E-state index in [1.54, 1.807) is 7.11 Å². The van der Waals surface area contributed by atoms with Gasteiger partial charge in [-0.05, 0) is 24.1 Å². The van der Waals surface area contributed by atoms with Crippen LogP contribution in [0.25, 0.3) is 0 Å². The predicted octanol–water partition coefficient (Wildman–Crippen LogP) is 1.19. The molecule has 14 heavy (non-hydrogen) atoms. The third kappa shape index (κ3) is 1.61. The standard InChI is InChI=1S/C10H13NO3/c1-12-3-2-7-4-8(11)10-9(5-7)13-6-14-10/h4-5H,2-3,6,11H2,1H3. The molecule has 0 bridgehead atoms. The highest BCUT2D eigenvalue weighted by Crippen LogP contribution is 2.38. The number of methoxy groups -OCH3 is 1. The van der Waals surface area contributed by atoms with Gasteiger partial charge >= 0.3 is 0 Å². The Balaban J connectivity index is 2.23. The van der Waals surface area contributed by atoms with Crippen molar-refractivity contribution in [3.63, 3.8) is 0 Å². The van der Waals surface area contributed by atoms with Crippen LogP contribution < -0.4 is 15.2 Å². The first kappa shape index (κ1) is 9.15. The molecule has 0 atom stereocenters. The van der Waals surface area contributed by atoms with Crippen molar-refractivity contribution in [2.75, 3.05) is 26.2 Å². The third-order valence-electron chi connectivity index (χ3n) is 2.16. The average Bonchev–Trinajstić information content (AvgIpc) is 2.63. The van der Waals surface area contributed by atoms with E-state index in [4.69, 9.17) is 19.9 Å². The maximum Gasteiger partial charge on any atom is 0.231 e. The highest BCUT2D eigenvalue weighted by molar-refractivity contribution is 5.63. The average molecular weight is 195 g/mol. The van der Waals surface area contributed by atoms with Crippen LogP contribution in [0.5, 0.6) is 11.5 Å². The molecule has 1 aliphatic heterocycles. The lowest BCUT2D eigenvalue weighted by molar-refractivity contribution is 0.174. The van der Waals surface area contributed by atoms with E-state index in [2.05, 4.69) is 0 Å². The molecule has 0 aromatic heterocycles. The third-order valence-corrected chi connectivity index (χ3v) is 2.16. The minimum absolute atomic E-state index is 0.257. The minimum atomic E-state index is 0.257. The zero-order chi connectivity index (χ0) is 9.97. The van der Waals surface area contributed by atoms with Crippen LogP contribution >= 0.6 is 0 Å². The maximum absolute atomic E-state index is 5.80. The Hall–Kier alpha value is -1.42. The van der Waals surface area contributed by atoms with E-state index in [-0.39, 0.29) is 6.79 Å². The van der Waals surface area contributed by atoms with Gasteiger partial charge in [-0.3, -0.25) is 0 Å². The summed E-state index contributed by atoms with van der Waals surface area (Å²) in [6.45, 7) is 0.937. The van der Waals surface area contributed by atoms with Gasteiger partial charge in [0.2, 0.25) is 6.79 Å². The van der Waals surface area contributed by atoms with Gasteiger partial charge in [0.05, 0.1) is 12.3 Å². The Bertz CT molecular complexity index is 338. The van der Waals surface area contributed by atoms with Crippen molar-refractivity contribution in [1.82, 2.24) is 0 Å². The molecule has 0 spiro atoms. The predicted molar refractivity (Wildman–Crippen MR) is 52.6 cm³/mol. The van der Waals surface area contributed by atoms with E-state index >= 15 is 0 Å². The molecule has 0 unspecified atom stereocenters. The van der Waals surface area contributed by atoms with Gasteiger partial charge in [0, 0.05) is 7.11 Å². The van der Waals surface area contributed by atoms with Gasteiger partial charge in [0.15, 0.2) is 11.5 Å². The highest BCUT2D eigenvalue weighted by atomic mass is 16.7. The quantitative estimate of drug-likeness (QED) is 0.736. The largest absolute Gasteiger partial charge is 0.453 e. The molecule has 1 aromatic rings. The molecular formula is C10H13NO3. The fraction of sp³-hybridized carbons (Fsp3) is 0.400. The van der Waals surface area contributed by atoms with Crippen LogP contribution in [-0.4, -0.2) is 20.5 Å². The van der Waals surface area contributed by atoms with E-state index in [1.165, 1.54) is 0 Å². The molecule has 0 amide bonds. The Morgan fingerprint density at radius 2 is 2.29 bits per heavy atom. The fourth-order valence-corrected chi connectivity index (χ4v) is 1.46. The van der Waals surface area contributed by atoms with E-state index in [9.17, 15) is 0 Å². The van der Waals surface area contributed by atoms with Crippen molar-refractivity contribution < 1.29 is 14.2 Å². The first-order chi connectivity index (χ1) is 6.81. The number of hydrogen-bond donors (Lipinski definition) is 1. The molecule has 0 radical (unpaired) electrons. The SMILES string of the molecule is COCCc1cc(N)c2c(c1)OCO2. The van der Waals surface area contributed by atoms with Crippen LogP contribution in [0.2, 0.25) is 0 Å². The van der Waals surface area contributed by atoms with Gasteiger partial charge in [-0.1, -0.05) is 0 Å². The van der Waals surface area contributed by atoms with Crippen molar-refractivity contribution in [3.8, 4) is 11.5 Å². The highest BCUT2D eigenvalue weighted by Gasteiger charge is 2.17. The molecule has 4 nitrogen and oxygen atoms in total. The summed E-state index contributed by atoms with van der Waals surface area (Å²) in [4.78, 5) is 0.